The zero-order chi connectivity index (χ0) is 13.0. The lowest BCUT2D eigenvalue weighted by molar-refractivity contribution is 0.0946. The van der Waals surface area contributed by atoms with Gasteiger partial charge in [0.15, 0.2) is 0 Å². The van der Waals surface area contributed by atoms with Crippen molar-refractivity contribution in [2.75, 3.05) is 6.54 Å². The molecule has 0 radical (unpaired) electrons. The molecule has 1 heterocycles. The molecule has 3 unspecified atom stereocenters. The van der Waals surface area contributed by atoms with Crippen LogP contribution in [0, 0.1) is 17.8 Å². The van der Waals surface area contributed by atoms with E-state index < -0.39 is 0 Å². The fourth-order valence-electron chi connectivity index (χ4n) is 4.27. The second kappa shape index (κ2) is 4.07. The van der Waals surface area contributed by atoms with E-state index in [9.17, 15) is 4.79 Å². The van der Waals surface area contributed by atoms with Gasteiger partial charge in [-0.25, -0.2) is 0 Å². The van der Waals surface area contributed by atoms with E-state index in [4.69, 9.17) is 5.73 Å². The Labute approximate surface area is 113 Å². The molecule has 100 valence electrons. The standard InChI is InChI=1S/C16H20N2O/c17-15(14-11-2-1-3-12(11)14)10-5-4-9-6-7-18-16(19)13(9)8-10/h4-5,8,11-12,14-15H,1-3,6-7,17H2,(H,18,19). The Morgan fingerprint density at radius 1 is 1.26 bits per heavy atom. The fraction of sp³-hybridized carbons (Fsp3) is 0.562. The first kappa shape index (κ1) is 11.5. The van der Waals surface area contributed by atoms with Crippen LogP contribution < -0.4 is 11.1 Å². The summed E-state index contributed by atoms with van der Waals surface area (Å²) in [7, 11) is 0. The van der Waals surface area contributed by atoms with Gasteiger partial charge in [0.25, 0.3) is 5.91 Å². The molecule has 3 aliphatic rings. The number of fused-ring (bicyclic) bond motifs is 2. The quantitative estimate of drug-likeness (QED) is 0.850. The van der Waals surface area contributed by atoms with Gasteiger partial charge in [-0.3, -0.25) is 4.79 Å². The molecule has 1 amide bonds. The highest BCUT2D eigenvalue weighted by Gasteiger charge is 2.55. The molecule has 2 fully saturated rings. The molecule has 0 aromatic heterocycles. The maximum atomic E-state index is 11.9. The average Bonchev–Trinajstić information content (AvgIpc) is 2.90. The molecule has 1 aromatic rings. The number of hydrogen-bond donors (Lipinski definition) is 2. The maximum Gasteiger partial charge on any atom is 0.251 e. The molecular formula is C16H20N2O. The van der Waals surface area contributed by atoms with Gasteiger partial charge in [0.2, 0.25) is 0 Å². The number of hydrogen-bond acceptors (Lipinski definition) is 2. The van der Waals surface area contributed by atoms with E-state index in [1.807, 2.05) is 6.07 Å². The van der Waals surface area contributed by atoms with E-state index >= 15 is 0 Å². The Hall–Kier alpha value is -1.35. The van der Waals surface area contributed by atoms with Crippen LogP contribution in [-0.4, -0.2) is 12.5 Å². The summed E-state index contributed by atoms with van der Waals surface area (Å²) in [4.78, 5) is 11.9. The van der Waals surface area contributed by atoms with Gasteiger partial charge in [-0.2, -0.15) is 0 Å². The van der Waals surface area contributed by atoms with Gasteiger partial charge in [0.05, 0.1) is 0 Å². The van der Waals surface area contributed by atoms with Crippen LogP contribution in [0.3, 0.4) is 0 Å². The average molecular weight is 256 g/mol. The minimum Gasteiger partial charge on any atom is -0.352 e. The summed E-state index contributed by atoms with van der Waals surface area (Å²) in [5.41, 5.74) is 9.59. The molecule has 0 bridgehead atoms. The Morgan fingerprint density at radius 3 is 2.84 bits per heavy atom. The second-order valence-corrected chi connectivity index (χ2v) is 6.28. The largest absolute Gasteiger partial charge is 0.352 e. The summed E-state index contributed by atoms with van der Waals surface area (Å²) in [5.74, 6) is 2.45. The van der Waals surface area contributed by atoms with Crippen LogP contribution in [0.5, 0.6) is 0 Å². The number of rotatable bonds is 2. The van der Waals surface area contributed by atoms with Gasteiger partial charge < -0.3 is 11.1 Å². The lowest BCUT2D eigenvalue weighted by atomic mass is 9.92. The van der Waals surface area contributed by atoms with Crippen molar-refractivity contribution in [3.63, 3.8) is 0 Å². The van der Waals surface area contributed by atoms with Crippen molar-refractivity contribution in [2.45, 2.75) is 31.7 Å². The van der Waals surface area contributed by atoms with E-state index in [2.05, 4.69) is 17.4 Å². The third kappa shape index (κ3) is 1.71. The van der Waals surface area contributed by atoms with Gasteiger partial charge in [-0.05, 0) is 54.2 Å². The number of nitrogens with one attached hydrogen (secondary N) is 1. The number of carbonyl (C=O) groups excluding carboxylic acids is 1. The predicted molar refractivity (Wildman–Crippen MR) is 73.7 cm³/mol. The summed E-state index contributed by atoms with van der Waals surface area (Å²) in [5, 5.41) is 2.91. The molecule has 2 saturated carbocycles. The summed E-state index contributed by atoms with van der Waals surface area (Å²) >= 11 is 0. The first-order valence-electron chi connectivity index (χ1n) is 7.42. The smallest absolute Gasteiger partial charge is 0.251 e. The molecular weight excluding hydrogens is 236 g/mol. The van der Waals surface area contributed by atoms with Crippen molar-refractivity contribution in [2.24, 2.45) is 23.5 Å². The van der Waals surface area contributed by atoms with E-state index in [-0.39, 0.29) is 11.9 Å². The number of carbonyl (C=O) groups is 1. The van der Waals surface area contributed by atoms with Crippen LogP contribution in [-0.2, 0) is 6.42 Å². The molecule has 3 nitrogen and oxygen atoms in total. The van der Waals surface area contributed by atoms with E-state index in [0.717, 1.165) is 41.5 Å². The first-order valence-corrected chi connectivity index (χ1v) is 7.42. The maximum absolute atomic E-state index is 11.9. The summed E-state index contributed by atoms with van der Waals surface area (Å²) in [6, 6.07) is 6.38. The summed E-state index contributed by atoms with van der Waals surface area (Å²) < 4.78 is 0. The third-order valence-electron chi connectivity index (χ3n) is 5.33. The molecule has 0 spiro atoms. The lowest BCUT2D eigenvalue weighted by Crippen LogP contribution is -2.32. The summed E-state index contributed by atoms with van der Waals surface area (Å²) in [6.45, 7) is 0.754. The molecule has 3 heteroatoms. The van der Waals surface area contributed by atoms with Gasteiger partial charge >= 0.3 is 0 Å². The Kier molecular flexibility index (Phi) is 2.46. The predicted octanol–water partition coefficient (Wildman–Crippen LogP) is 2.02. The Balaban J connectivity index is 1.61. The number of benzene rings is 1. The van der Waals surface area contributed by atoms with Crippen LogP contribution in [0.2, 0.25) is 0 Å². The lowest BCUT2D eigenvalue weighted by Gasteiger charge is -2.20. The minimum atomic E-state index is 0.0614. The minimum absolute atomic E-state index is 0.0614. The zero-order valence-electron chi connectivity index (χ0n) is 11.1. The molecule has 2 aliphatic carbocycles. The van der Waals surface area contributed by atoms with Crippen LogP contribution >= 0.6 is 0 Å². The molecule has 3 atom stereocenters. The SMILES string of the molecule is NC(c1ccc2c(c1)C(=O)NCC2)C1C2CCCC21. The van der Waals surface area contributed by atoms with Crippen LogP contribution in [0.25, 0.3) is 0 Å². The van der Waals surface area contributed by atoms with Crippen molar-refractivity contribution in [1.29, 1.82) is 0 Å². The van der Waals surface area contributed by atoms with Gasteiger partial charge in [-0.1, -0.05) is 18.6 Å². The Morgan fingerprint density at radius 2 is 2.05 bits per heavy atom. The van der Waals surface area contributed by atoms with Crippen molar-refractivity contribution in [3.8, 4) is 0 Å². The van der Waals surface area contributed by atoms with Crippen molar-refractivity contribution in [3.05, 3.63) is 34.9 Å². The normalized spacial score (nSPS) is 33.3. The number of amides is 1. The highest BCUT2D eigenvalue weighted by molar-refractivity contribution is 5.96. The highest BCUT2D eigenvalue weighted by Crippen LogP contribution is 2.61. The van der Waals surface area contributed by atoms with Crippen LogP contribution in [0.1, 0.15) is 46.8 Å². The van der Waals surface area contributed by atoms with Crippen molar-refractivity contribution >= 4 is 5.91 Å². The van der Waals surface area contributed by atoms with E-state index in [1.165, 1.54) is 19.3 Å². The Bertz CT molecular complexity index is 530. The van der Waals surface area contributed by atoms with Gasteiger partial charge in [-0.15, -0.1) is 0 Å². The molecule has 19 heavy (non-hydrogen) atoms. The van der Waals surface area contributed by atoms with Gasteiger partial charge in [0, 0.05) is 18.2 Å². The monoisotopic (exact) mass is 256 g/mol. The molecule has 3 N–H and O–H groups in total. The highest BCUT2D eigenvalue weighted by atomic mass is 16.1. The summed E-state index contributed by atoms with van der Waals surface area (Å²) in [6.07, 6.45) is 5.03. The van der Waals surface area contributed by atoms with Crippen LogP contribution in [0.15, 0.2) is 18.2 Å². The molecule has 4 rings (SSSR count). The van der Waals surface area contributed by atoms with E-state index in [1.54, 1.807) is 0 Å². The van der Waals surface area contributed by atoms with Crippen molar-refractivity contribution < 1.29 is 4.79 Å². The fourth-order valence-corrected chi connectivity index (χ4v) is 4.27. The second-order valence-electron chi connectivity index (χ2n) is 6.28. The van der Waals surface area contributed by atoms with Gasteiger partial charge in [0.1, 0.15) is 0 Å². The van der Waals surface area contributed by atoms with E-state index in [0.29, 0.717) is 5.92 Å². The zero-order valence-corrected chi connectivity index (χ0v) is 11.1. The topological polar surface area (TPSA) is 55.1 Å². The molecule has 1 aliphatic heterocycles. The van der Waals surface area contributed by atoms with Crippen LogP contribution in [0.4, 0.5) is 0 Å². The molecule has 1 aromatic carbocycles. The number of nitrogens with two attached hydrogens (primary N) is 1. The first-order chi connectivity index (χ1) is 9.25. The third-order valence-corrected chi connectivity index (χ3v) is 5.33. The van der Waals surface area contributed by atoms with Crippen molar-refractivity contribution in [1.82, 2.24) is 5.32 Å². The molecule has 0 saturated heterocycles.